The molecule has 7 heterocycles. The summed E-state index contributed by atoms with van der Waals surface area (Å²) in [5, 5.41) is 11.9. The van der Waals surface area contributed by atoms with E-state index in [0.29, 0.717) is 106 Å². The molecule has 0 radical (unpaired) electrons. The smallest absolute Gasteiger partial charge is 0.345 e. The van der Waals surface area contributed by atoms with Gasteiger partial charge in [0.25, 0.3) is 0 Å². The summed E-state index contributed by atoms with van der Waals surface area (Å²) in [6, 6.07) is 13.6. The van der Waals surface area contributed by atoms with Crippen molar-refractivity contribution in [3.8, 4) is 44.7 Å². The van der Waals surface area contributed by atoms with Crippen LogP contribution in [-0.4, -0.2) is 131 Å². The number of carbonyl (C=O) groups is 1. The van der Waals surface area contributed by atoms with E-state index in [1.807, 2.05) is 13.8 Å². The molecule has 2 saturated heterocycles. The molecule has 6 aromatic rings. The van der Waals surface area contributed by atoms with Crippen molar-refractivity contribution in [1.29, 1.82) is 0 Å². The zero-order valence-corrected chi connectivity index (χ0v) is 40.1. The predicted molar refractivity (Wildman–Crippen MR) is 255 cm³/mol. The number of aliphatic carboxylic acids is 1. The number of carboxylic acids is 1. The van der Waals surface area contributed by atoms with Gasteiger partial charge in [-0.05, 0) is 106 Å². The number of likely N-dealkylation sites (N-methyl/N-ethyl adjacent to an activating group) is 2. The van der Waals surface area contributed by atoms with E-state index in [-0.39, 0.29) is 32.1 Å². The van der Waals surface area contributed by atoms with Crippen molar-refractivity contribution in [3.05, 3.63) is 105 Å². The van der Waals surface area contributed by atoms with Crippen molar-refractivity contribution in [3.63, 3.8) is 0 Å². The number of likely N-dealkylation sites (tertiary alicyclic amines) is 1. The van der Waals surface area contributed by atoms with Crippen LogP contribution in [0, 0.1) is 19.7 Å². The van der Waals surface area contributed by atoms with Gasteiger partial charge in [0.05, 0.1) is 27.7 Å². The molecule has 0 unspecified atom stereocenters. The van der Waals surface area contributed by atoms with Crippen LogP contribution in [0.5, 0.6) is 23.1 Å². The summed E-state index contributed by atoms with van der Waals surface area (Å²) in [5.74, 6) is 0.142. The Hall–Kier alpha value is -5.20. The van der Waals surface area contributed by atoms with Crippen molar-refractivity contribution >= 4 is 50.7 Å². The van der Waals surface area contributed by atoms with Gasteiger partial charge in [-0.15, -0.1) is 11.3 Å². The maximum absolute atomic E-state index is 14.4. The maximum atomic E-state index is 14.4. The number of nitrogens with zero attached hydrogens (tertiary/aromatic N) is 7. The van der Waals surface area contributed by atoms with Gasteiger partial charge < -0.3 is 38.6 Å². The van der Waals surface area contributed by atoms with E-state index in [1.165, 1.54) is 29.8 Å². The van der Waals surface area contributed by atoms with Crippen LogP contribution in [0.25, 0.3) is 31.8 Å². The molecule has 0 saturated carbocycles. The van der Waals surface area contributed by atoms with E-state index in [1.54, 1.807) is 42.6 Å². The summed E-state index contributed by atoms with van der Waals surface area (Å²) in [5.41, 5.74) is 4.42. The molecule has 3 aromatic heterocycles. The molecule has 1 N–H and O–H groups in total. The largest absolute Gasteiger partial charge is 0.490 e. The fourth-order valence-corrected chi connectivity index (χ4v) is 10.6. The lowest BCUT2D eigenvalue weighted by molar-refractivity contribution is -0.145. The highest BCUT2D eigenvalue weighted by Crippen LogP contribution is 2.53. The minimum absolute atomic E-state index is 0.0325. The standard InChI is InChI=1S/C49H52Cl2FN7O7S/c1-28-40-29(2)44(51)45(43(28)50)65-36(22-59-18-16-57(3)17-19-59)25-63-35-11-12-37(64-23-33-13-14-53-39(56-33)26-62-24-34-6-5-15-58(34)4)31(20-35)21-38(49(60)61)66-47-42-41(40)46(67-48(42)55-27-54-47)30-7-9-32(52)10-8-30/h7-14,20,27,34,36,38H,5-6,15-19,21-26H2,1-4H3,(H,60,61)/t34-,36+,38+/m0/s1. The Kier molecular flexibility index (Phi) is 14.4. The number of halogens is 3. The third kappa shape index (κ3) is 10.5. The highest BCUT2D eigenvalue weighted by atomic mass is 35.5. The van der Waals surface area contributed by atoms with Crippen LogP contribution in [0.4, 0.5) is 4.39 Å². The molecule has 4 bridgehead atoms. The summed E-state index contributed by atoms with van der Waals surface area (Å²) in [7, 11) is 4.22. The van der Waals surface area contributed by atoms with Crippen LogP contribution in [0.1, 0.15) is 41.1 Å². The first-order valence-electron chi connectivity index (χ1n) is 22.4. The minimum Gasteiger partial charge on any atom is -0.490 e. The maximum Gasteiger partial charge on any atom is 0.345 e. The third-order valence-electron chi connectivity index (χ3n) is 12.7. The molecule has 4 aliphatic heterocycles. The van der Waals surface area contributed by atoms with Crippen LogP contribution in [0.2, 0.25) is 10.0 Å². The fraction of sp³-hybridized carbons (Fsp3) is 0.408. The van der Waals surface area contributed by atoms with Crippen LogP contribution < -0.4 is 18.9 Å². The van der Waals surface area contributed by atoms with Gasteiger partial charge in [-0.3, -0.25) is 4.90 Å². The summed E-state index contributed by atoms with van der Waals surface area (Å²) in [6.45, 7) is 9.89. The van der Waals surface area contributed by atoms with Gasteiger partial charge in [0.2, 0.25) is 12.0 Å². The van der Waals surface area contributed by atoms with Crippen molar-refractivity contribution in [2.45, 2.75) is 64.6 Å². The quantitative estimate of drug-likeness (QED) is 0.132. The van der Waals surface area contributed by atoms with Crippen LogP contribution in [-0.2, 0) is 29.2 Å². The lowest BCUT2D eigenvalue weighted by atomic mass is 9.92. The number of aromatic nitrogens is 4. The van der Waals surface area contributed by atoms with Gasteiger partial charge in [-0.25, -0.2) is 29.1 Å². The Balaban J connectivity index is 1.11. The van der Waals surface area contributed by atoms with Crippen LogP contribution in [0.3, 0.4) is 0 Å². The molecule has 3 atom stereocenters. The Morgan fingerprint density at radius 1 is 0.940 bits per heavy atom. The van der Waals surface area contributed by atoms with E-state index in [4.69, 9.17) is 51.9 Å². The van der Waals surface area contributed by atoms with Crippen LogP contribution >= 0.6 is 34.5 Å². The molecular weight excluding hydrogens is 921 g/mol. The van der Waals surface area contributed by atoms with E-state index >= 15 is 0 Å². The Bertz CT molecular complexity index is 2730. The number of thiophene rings is 1. The molecule has 0 aliphatic carbocycles. The molecule has 3 aromatic carbocycles. The average Bonchev–Trinajstić information content (AvgIpc) is 3.92. The zero-order valence-electron chi connectivity index (χ0n) is 37.8. The zero-order chi connectivity index (χ0) is 46.8. The van der Waals surface area contributed by atoms with Gasteiger partial charge in [0.1, 0.15) is 54.4 Å². The summed E-state index contributed by atoms with van der Waals surface area (Å²) in [6.07, 6.45) is 3.15. The Morgan fingerprint density at radius 3 is 2.45 bits per heavy atom. The molecule has 67 heavy (non-hydrogen) atoms. The van der Waals surface area contributed by atoms with Gasteiger partial charge in [0, 0.05) is 67.4 Å². The predicted octanol–water partition coefficient (Wildman–Crippen LogP) is 8.53. The molecule has 0 spiro atoms. The monoisotopic (exact) mass is 971 g/mol. The number of benzene rings is 3. The second-order valence-electron chi connectivity index (χ2n) is 17.4. The lowest BCUT2D eigenvalue weighted by Gasteiger charge is -2.35. The molecule has 0 amide bonds. The van der Waals surface area contributed by atoms with E-state index in [0.717, 1.165) is 45.6 Å². The van der Waals surface area contributed by atoms with Gasteiger partial charge >= 0.3 is 5.97 Å². The van der Waals surface area contributed by atoms with Crippen LogP contribution in [0.15, 0.2) is 61.1 Å². The second kappa shape index (κ2) is 20.6. The Morgan fingerprint density at radius 2 is 1.72 bits per heavy atom. The number of ether oxygens (including phenoxy) is 5. The number of fused-ring (bicyclic) bond motifs is 7. The Labute approximate surface area is 402 Å². The second-order valence-corrected chi connectivity index (χ2v) is 19.1. The molecule has 18 heteroatoms. The SMILES string of the molecule is Cc1c(Cl)c2c(Cl)c(C)c1-c1c(-c3ccc(F)cc3)sc3ncnc(c13)O[C@@H](C(=O)O)Cc1cc(ccc1OCc1ccnc(COC[C@@H]3CCCN3C)n1)OC[C@@H](CN1CCN(C)CC1)O2. The summed E-state index contributed by atoms with van der Waals surface area (Å²) in [4.78, 5) is 39.8. The van der Waals surface area contributed by atoms with E-state index < -0.39 is 24.0 Å². The fourth-order valence-electron chi connectivity index (χ4n) is 8.93. The molecule has 14 nitrogen and oxygen atoms in total. The highest BCUT2D eigenvalue weighted by Gasteiger charge is 2.32. The molecule has 10 rings (SSSR count). The van der Waals surface area contributed by atoms with E-state index in [9.17, 15) is 14.3 Å². The normalized spacial score (nSPS) is 19.5. The first kappa shape index (κ1) is 46.9. The first-order valence-corrected chi connectivity index (χ1v) is 23.9. The van der Waals surface area contributed by atoms with Crippen molar-refractivity contribution in [2.24, 2.45) is 0 Å². The molecular formula is C49H52Cl2FN7O7S. The highest BCUT2D eigenvalue weighted by molar-refractivity contribution is 7.22. The lowest BCUT2D eigenvalue weighted by Crippen LogP contribution is -2.49. The molecule has 352 valence electrons. The van der Waals surface area contributed by atoms with Gasteiger partial charge in [0.15, 0.2) is 11.6 Å². The third-order valence-corrected chi connectivity index (χ3v) is 14.8. The first-order chi connectivity index (χ1) is 32.4. The van der Waals surface area contributed by atoms with Crippen molar-refractivity contribution < 1.29 is 38.0 Å². The van der Waals surface area contributed by atoms with Gasteiger partial charge in [-0.2, -0.15) is 0 Å². The minimum atomic E-state index is -1.46. The number of hydrogen-bond acceptors (Lipinski definition) is 14. The van der Waals surface area contributed by atoms with E-state index in [2.05, 4.69) is 43.7 Å². The number of piperazine rings is 1. The summed E-state index contributed by atoms with van der Waals surface area (Å²) >= 11 is 16.0. The average molecular weight is 973 g/mol. The molecule has 4 aliphatic rings. The van der Waals surface area contributed by atoms with Crippen molar-refractivity contribution in [2.75, 3.05) is 66.6 Å². The number of rotatable bonds is 11. The van der Waals surface area contributed by atoms with Crippen molar-refractivity contribution in [1.82, 2.24) is 34.6 Å². The number of hydrogen-bond donors (Lipinski definition) is 1. The molecule has 2 fully saturated rings. The summed E-state index contributed by atoms with van der Waals surface area (Å²) < 4.78 is 46.6. The number of carboxylic acid groups (broad SMARTS) is 1. The van der Waals surface area contributed by atoms with Gasteiger partial charge in [-0.1, -0.05) is 35.3 Å². The topological polar surface area (TPSA) is 145 Å².